The average molecular weight is 469 g/mol. The van der Waals surface area contributed by atoms with Crippen LogP contribution in [0.5, 0.6) is 0 Å². The fourth-order valence-electron chi connectivity index (χ4n) is 4.31. The lowest BCUT2D eigenvalue weighted by atomic mass is 9.98. The van der Waals surface area contributed by atoms with Crippen molar-refractivity contribution < 1.29 is 29.0 Å². The SMILES string of the molecule is COCCN(CC(C)C)C(=O)C(CC(=O)O)NC(=O)OCC1c2ccccc2-c2ccccc21. The number of benzene rings is 2. The number of carboxylic acids is 1. The van der Waals surface area contributed by atoms with Gasteiger partial charge < -0.3 is 24.8 Å². The number of carbonyl (C=O) groups excluding carboxylic acids is 2. The molecule has 2 N–H and O–H groups in total. The van der Waals surface area contributed by atoms with Gasteiger partial charge in [-0.2, -0.15) is 0 Å². The van der Waals surface area contributed by atoms with Gasteiger partial charge in [-0.25, -0.2) is 4.79 Å². The van der Waals surface area contributed by atoms with Gasteiger partial charge in [0, 0.05) is 26.1 Å². The predicted molar refractivity (Wildman–Crippen MR) is 128 cm³/mol. The molecule has 1 aliphatic rings. The molecular formula is C26H32N2O6. The minimum Gasteiger partial charge on any atom is -0.481 e. The Kier molecular flexibility index (Phi) is 8.65. The number of fused-ring (bicyclic) bond motifs is 3. The molecule has 0 heterocycles. The smallest absolute Gasteiger partial charge is 0.407 e. The third kappa shape index (κ3) is 6.14. The molecule has 1 aliphatic carbocycles. The highest BCUT2D eigenvalue weighted by Crippen LogP contribution is 2.44. The van der Waals surface area contributed by atoms with E-state index in [1.165, 1.54) is 12.0 Å². The van der Waals surface area contributed by atoms with Gasteiger partial charge >= 0.3 is 12.1 Å². The molecule has 34 heavy (non-hydrogen) atoms. The van der Waals surface area contributed by atoms with Crippen molar-refractivity contribution in [1.29, 1.82) is 0 Å². The van der Waals surface area contributed by atoms with Crippen LogP contribution in [0.15, 0.2) is 48.5 Å². The van der Waals surface area contributed by atoms with Crippen LogP contribution < -0.4 is 5.32 Å². The van der Waals surface area contributed by atoms with E-state index in [9.17, 15) is 19.5 Å². The Bertz CT molecular complexity index is 976. The molecule has 0 aromatic heterocycles. The van der Waals surface area contributed by atoms with E-state index >= 15 is 0 Å². The number of hydrogen-bond acceptors (Lipinski definition) is 5. The third-order valence-corrected chi connectivity index (χ3v) is 5.78. The molecule has 182 valence electrons. The number of methoxy groups -OCH3 is 1. The first-order chi connectivity index (χ1) is 16.3. The Balaban J connectivity index is 1.69. The van der Waals surface area contributed by atoms with E-state index in [1.807, 2.05) is 62.4 Å². The first-order valence-electron chi connectivity index (χ1n) is 11.4. The van der Waals surface area contributed by atoms with Crippen molar-refractivity contribution in [3.63, 3.8) is 0 Å². The van der Waals surface area contributed by atoms with E-state index in [4.69, 9.17) is 9.47 Å². The van der Waals surface area contributed by atoms with E-state index < -0.39 is 30.4 Å². The van der Waals surface area contributed by atoms with Gasteiger partial charge in [-0.05, 0) is 28.2 Å². The van der Waals surface area contributed by atoms with Gasteiger partial charge in [0.25, 0.3) is 0 Å². The summed E-state index contributed by atoms with van der Waals surface area (Å²) in [5, 5.41) is 11.8. The third-order valence-electron chi connectivity index (χ3n) is 5.78. The number of rotatable bonds is 11. The van der Waals surface area contributed by atoms with Crippen molar-refractivity contribution in [2.75, 3.05) is 33.4 Å². The summed E-state index contributed by atoms with van der Waals surface area (Å²) in [6.07, 6.45) is -1.36. The van der Waals surface area contributed by atoms with Crippen molar-refractivity contribution in [1.82, 2.24) is 10.2 Å². The number of hydrogen-bond donors (Lipinski definition) is 2. The quantitative estimate of drug-likeness (QED) is 0.523. The number of carbonyl (C=O) groups is 3. The zero-order valence-electron chi connectivity index (χ0n) is 19.8. The molecule has 0 saturated carbocycles. The van der Waals surface area contributed by atoms with Gasteiger partial charge in [0.05, 0.1) is 13.0 Å². The summed E-state index contributed by atoms with van der Waals surface area (Å²) in [5.74, 6) is -1.62. The molecule has 0 spiro atoms. The summed E-state index contributed by atoms with van der Waals surface area (Å²) in [6.45, 7) is 5.02. The minimum atomic E-state index is -1.23. The molecule has 8 nitrogen and oxygen atoms in total. The molecule has 0 radical (unpaired) electrons. The summed E-state index contributed by atoms with van der Waals surface area (Å²) in [5.41, 5.74) is 4.34. The van der Waals surface area contributed by atoms with Crippen molar-refractivity contribution in [2.24, 2.45) is 5.92 Å². The maximum atomic E-state index is 13.1. The number of amides is 2. The van der Waals surface area contributed by atoms with Gasteiger partial charge in [0.1, 0.15) is 12.6 Å². The molecule has 0 saturated heterocycles. The topological polar surface area (TPSA) is 105 Å². The van der Waals surface area contributed by atoms with Crippen LogP contribution in [0.2, 0.25) is 0 Å². The van der Waals surface area contributed by atoms with Crippen LogP contribution in [0.4, 0.5) is 4.79 Å². The van der Waals surface area contributed by atoms with Gasteiger partial charge in [-0.1, -0.05) is 62.4 Å². The van der Waals surface area contributed by atoms with Crippen LogP contribution in [0.25, 0.3) is 11.1 Å². The van der Waals surface area contributed by atoms with Crippen LogP contribution in [0.3, 0.4) is 0 Å². The largest absolute Gasteiger partial charge is 0.481 e. The van der Waals surface area contributed by atoms with Crippen molar-refractivity contribution in [2.45, 2.75) is 32.2 Å². The lowest BCUT2D eigenvalue weighted by Gasteiger charge is -2.28. The summed E-state index contributed by atoms with van der Waals surface area (Å²) < 4.78 is 10.6. The molecule has 8 heteroatoms. The zero-order valence-corrected chi connectivity index (χ0v) is 19.8. The molecule has 1 atom stereocenters. The highest BCUT2D eigenvalue weighted by Gasteiger charge is 2.31. The van der Waals surface area contributed by atoms with Crippen LogP contribution in [-0.2, 0) is 19.1 Å². The van der Waals surface area contributed by atoms with E-state index in [0.717, 1.165) is 22.3 Å². The summed E-state index contributed by atoms with van der Waals surface area (Å²) >= 11 is 0. The molecule has 0 bridgehead atoms. The Morgan fingerprint density at radius 1 is 1.03 bits per heavy atom. The molecule has 1 unspecified atom stereocenters. The van der Waals surface area contributed by atoms with Crippen molar-refractivity contribution >= 4 is 18.0 Å². The van der Waals surface area contributed by atoms with Crippen molar-refractivity contribution in [3.8, 4) is 11.1 Å². The fourth-order valence-corrected chi connectivity index (χ4v) is 4.31. The monoisotopic (exact) mass is 468 g/mol. The Labute approximate surface area is 199 Å². The molecule has 0 fully saturated rings. The number of nitrogens with one attached hydrogen (secondary N) is 1. The number of alkyl carbamates (subject to hydrolysis) is 1. The predicted octanol–water partition coefficient (Wildman–Crippen LogP) is 3.50. The summed E-state index contributed by atoms with van der Waals surface area (Å²) in [4.78, 5) is 38.7. The van der Waals surface area contributed by atoms with Gasteiger partial charge in [0.15, 0.2) is 0 Å². The van der Waals surface area contributed by atoms with Crippen LogP contribution >= 0.6 is 0 Å². The number of ether oxygens (including phenoxy) is 2. The number of nitrogens with zero attached hydrogens (tertiary/aromatic N) is 1. The number of aliphatic carboxylic acids is 1. The van der Waals surface area contributed by atoms with E-state index in [0.29, 0.717) is 19.7 Å². The fraction of sp³-hybridized carbons (Fsp3) is 0.423. The second-order valence-corrected chi connectivity index (χ2v) is 8.79. The normalized spacial score (nSPS) is 13.2. The Morgan fingerprint density at radius 2 is 1.62 bits per heavy atom. The molecule has 2 aromatic carbocycles. The van der Waals surface area contributed by atoms with Crippen LogP contribution in [-0.4, -0.2) is 67.4 Å². The minimum absolute atomic E-state index is 0.0766. The first-order valence-corrected chi connectivity index (χ1v) is 11.4. The highest BCUT2D eigenvalue weighted by molar-refractivity contribution is 5.89. The summed E-state index contributed by atoms with van der Waals surface area (Å²) in [6, 6.07) is 14.7. The van der Waals surface area contributed by atoms with Crippen molar-refractivity contribution in [3.05, 3.63) is 59.7 Å². The Morgan fingerprint density at radius 3 is 2.15 bits per heavy atom. The van der Waals surface area contributed by atoms with Gasteiger partial charge in [-0.3, -0.25) is 9.59 Å². The number of carboxylic acid groups (broad SMARTS) is 1. The van der Waals surface area contributed by atoms with Gasteiger partial charge in [-0.15, -0.1) is 0 Å². The average Bonchev–Trinajstić information content (AvgIpc) is 3.13. The molecule has 2 aromatic rings. The zero-order chi connectivity index (χ0) is 24.7. The lowest BCUT2D eigenvalue weighted by Crippen LogP contribution is -2.51. The standard InChI is InChI=1S/C26H32N2O6/c1-17(2)15-28(12-13-33-3)25(31)23(14-24(29)30)27-26(32)34-16-22-20-10-6-4-8-18(20)19-9-5-7-11-21(19)22/h4-11,17,22-23H,12-16H2,1-3H3,(H,27,32)(H,29,30). The molecule has 0 aliphatic heterocycles. The van der Waals surface area contributed by atoms with Crippen LogP contribution in [0.1, 0.15) is 37.3 Å². The molecular weight excluding hydrogens is 436 g/mol. The summed E-state index contributed by atoms with van der Waals surface area (Å²) in [7, 11) is 1.53. The van der Waals surface area contributed by atoms with Crippen LogP contribution in [0, 0.1) is 5.92 Å². The van der Waals surface area contributed by atoms with E-state index in [1.54, 1.807) is 0 Å². The first kappa shape index (κ1) is 25.2. The maximum Gasteiger partial charge on any atom is 0.407 e. The van der Waals surface area contributed by atoms with E-state index in [-0.39, 0.29) is 18.4 Å². The van der Waals surface area contributed by atoms with E-state index in [2.05, 4.69) is 5.32 Å². The van der Waals surface area contributed by atoms with Gasteiger partial charge in [0.2, 0.25) is 5.91 Å². The second kappa shape index (κ2) is 11.7. The molecule has 2 amide bonds. The highest BCUT2D eigenvalue weighted by atomic mass is 16.5. The second-order valence-electron chi connectivity index (χ2n) is 8.79. The molecule has 3 rings (SSSR count). The lowest BCUT2D eigenvalue weighted by molar-refractivity contribution is -0.143. The maximum absolute atomic E-state index is 13.1. The Hall–Kier alpha value is -3.39.